The van der Waals surface area contributed by atoms with Crippen LogP contribution in [0.5, 0.6) is 23.0 Å². The molecule has 6 heteroatoms. The lowest BCUT2D eigenvalue weighted by Gasteiger charge is -2.26. The number of hydrogen-bond acceptors (Lipinski definition) is 5. The fraction of sp³-hybridized carbons (Fsp3) is 0.423. The molecule has 1 heterocycles. The Hall–Kier alpha value is -3.15. The van der Waals surface area contributed by atoms with Crippen molar-refractivity contribution in [3.05, 3.63) is 53.1 Å². The second-order valence-corrected chi connectivity index (χ2v) is 8.33. The number of carbonyl (C=O) groups is 1. The highest BCUT2D eigenvalue weighted by atomic mass is 16.5. The molecule has 0 aromatic heterocycles. The summed E-state index contributed by atoms with van der Waals surface area (Å²) in [6, 6.07) is 11.8. The molecule has 1 aliphatic heterocycles. The van der Waals surface area contributed by atoms with E-state index in [2.05, 4.69) is 17.4 Å². The van der Waals surface area contributed by atoms with Crippen LogP contribution in [-0.4, -0.2) is 39.9 Å². The Morgan fingerprint density at radius 3 is 2.28 bits per heavy atom. The monoisotopic (exact) mass is 437 g/mol. The predicted molar refractivity (Wildman–Crippen MR) is 124 cm³/mol. The largest absolute Gasteiger partial charge is 0.493 e. The first-order valence-electron chi connectivity index (χ1n) is 11.2. The minimum absolute atomic E-state index is 0.0352. The summed E-state index contributed by atoms with van der Waals surface area (Å²) in [7, 11) is 4.88. The molecular weight excluding hydrogens is 406 g/mol. The first kappa shape index (κ1) is 22.1. The minimum atomic E-state index is -0.0352. The lowest BCUT2D eigenvalue weighted by atomic mass is 9.87. The Kier molecular flexibility index (Phi) is 6.88. The van der Waals surface area contributed by atoms with E-state index in [0.717, 1.165) is 41.0 Å². The average Bonchev–Trinajstić information content (AvgIpc) is 3.33. The quantitative estimate of drug-likeness (QED) is 0.635. The van der Waals surface area contributed by atoms with Crippen LogP contribution >= 0.6 is 0 Å². The van der Waals surface area contributed by atoms with Crippen molar-refractivity contribution in [2.45, 2.75) is 44.1 Å². The molecule has 1 saturated heterocycles. The van der Waals surface area contributed by atoms with Crippen LogP contribution in [0.25, 0.3) is 6.08 Å². The van der Waals surface area contributed by atoms with Gasteiger partial charge >= 0.3 is 0 Å². The molecule has 4 rings (SSSR count). The Bertz CT molecular complexity index is 994. The van der Waals surface area contributed by atoms with Crippen molar-refractivity contribution in [3.8, 4) is 23.0 Å². The first-order chi connectivity index (χ1) is 15.6. The van der Waals surface area contributed by atoms with Crippen LogP contribution in [0.15, 0.2) is 42.0 Å². The topological polar surface area (TPSA) is 66.0 Å². The van der Waals surface area contributed by atoms with Crippen LogP contribution in [0, 0.1) is 0 Å². The van der Waals surface area contributed by atoms with E-state index in [1.54, 1.807) is 21.3 Å². The summed E-state index contributed by atoms with van der Waals surface area (Å²) in [6.07, 6.45) is 7.43. The smallest absolute Gasteiger partial charge is 0.247 e. The van der Waals surface area contributed by atoms with E-state index in [9.17, 15) is 4.79 Å². The maximum Gasteiger partial charge on any atom is 0.247 e. The summed E-state index contributed by atoms with van der Waals surface area (Å²) in [6.45, 7) is 0.595. The van der Waals surface area contributed by atoms with E-state index >= 15 is 0 Å². The van der Waals surface area contributed by atoms with Crippen LogP contribution in [0.1, 0.15) is 49.1 Å². The third kappa shape index (κ3) is 4.85. The molecule has 0 bridgehead atoms. The summed E-state index contributed by atoms with van der Waals surface area (Å²) < 4.78 is 22.5. The van der Waals surface area contributed by atoms with Crippen LogP contribution in [-0.2, 0) is 4.79 Å². The average molecular weight is 438 g/mol. The highest BCUT2D eigenvalue weighted by Crippen LogP contribution is 2.37. The number of rotatable bonds is 7. The van der Waals surface area contributed by atoms with E-state index in [-0.39, 0.29) is 17.9 Å². The highest BCUT2D eigenvalue weighted by molar-refractivity contribution is 5.98. The number of benzene rings is 2. The maximum absolute atomic E-state index is 12.6. The van der Waals surface area contributed by atoms with Crippen molar-refractivity contribution >= 4 is 12.0 Å². The van der Waals surface area contributed by atoms with E-state index < -0.39 is 0 Å². The Morgan fingerprint density at radius 1 is 0.875 bits per heavy atom. The lowest BCUT2D eigenvalue weighted by molar-refractivity contribution is -0.118. The van der Waals surface area contributed by atoms with Gasteiger partial charge in [0, 0.05) is 18.0 Å². The van der Waals surface area contributed by atoms with Gasteiger partial charge in [-0.2, -0.15) is 0 Å². The predicted octanol–water partition coefficient (Wildman–Crippen LogP) is 4.72. The van der Waals surface area contributed by atoms with Gasteiger partial charge in [-0.25, -0.2) is 0 Å². The second kappa shape index (κ2) is 9.98. The lowest BCUT2D eigenvalue weighted by Crippen LogP contribution is -2.35. The van der Waals surface area contributed by atoms with Crippen LogP contribution in [0.3, 0.4) is 0 Å². The van der Waals surface area contributed by atoms with E-state index in [0.29, 0.717) is 24.5 Å². The number of piperidine rings is 1. The van der Waals surface area contributed by atoms with Gasteiger partial charge in [-0.1, -0.05) is 12.1 Å². The maximum atomic E-state index is 12.6. The van der Waals surface area contributed by atoms with Crippen molar-refractivity contribution in [2.24, 2.45) is 0 Å². The summed E-state index contributed by atoms with van der Waals surface area (Å²) in [4.78, 5) is 12.6. The number of ether oxygens (including phenoxy) is 4. The Morgan fingerprint density at radius 2 is 1.56 bits per heavy atom. The molecule has 2 aromatic rings. The molecule has 0 unspecified atom stereocenters. The van der Waals surface area contributed by atoms with Gasteiger partial charge < -0.3 is 24.3 Å². The van der Waals surface area contributed by atoms with Gasteiger partial charge in [-0.3, -0.25) is 4.79 Å². The number of hydrogen-bond donors (Lipinski definition) is 1. The second-order valence-electron chi connectivity index (χ2n) is 8.33. The van der Waals surface area contributed by atoms with Crippen molar-refractivity contribution in [1.29, 1.82) is 0 Å². The molecule has 1 N–H and O–H groups in total. The molecule has 1 aliphatic carbocycles. The molecule has 1 saturated carbocycles. The number of carbonyl (C=O) groups excluding carboxylic acids is 1. The molecule has 2 aliphatic rings. The number of nitrogens with one attached hydrogen (secondary N) is 1. The molecule has 0 radical (unpaired) electrons. The zero-order chi connectivity index (χ0) is 22.5. The summed E-state index contributed by atoms with van der Waals surface area (Å²) >= 11 is 0. The zero-order valence-corrected chi connectivity index (χ0v) is 19.0. The van der Waals surface area contributed by atoms with Crippen molar-refractivity contribution in [1.82, 2.24) is 5.32 Å². The van der Waals surface area contributed by atoms with Crippen molar-refractivity contribution in [2.75, 3.05) is 27.9 Å². The molecule has 6 nitrogen and oxygen atoms in total. The molecule has 32 heavy (non-hydrogen) atoms. The van der Waals surface area contributed by atoms with Gasteiger partial charge in [0.05, 0.1) is 27.4 Å². The molecular formula is C26H31NO5. The van der Waals surface area contributed by atoms with E-state index in [1.807, 2.05) is 30.3 Å². The summed E-state index contributed by atoms with van der Waals surface area (Å²) in [5.41, 5.74) is 2.77. The Labute approximate surface area is 189 Å². The van der Waals surface area contributed by atoms with Crippen LogP contribution in [0.4, 0.5) is 0 Å². The minimum Gasteiger partial charge on any atom is -0.493 e. The summed E-state index contributed by atoms with van der Waals surface area (Å²) in [5, 5.41) is 3.04. The molecule has 1 amide bonds. The highest BCUT2D eigenvalue weighted by Gasteiger charge is 2.26. The Balaban J connectivity index is 1.56. The van der Waals surface area contributed by atoms with Gasteiger partial charge in [-0.05, 0) is 73.6 Å². The molecule has 1 atom stereocenters. The van der Waals surface area contributed by atoms with Crippen molar-refractivity contribution < 1.29 is 23.7 Å². The number of amides is 1. The van der Waals surface area contributed by atoms with Gasteiger partial charge in [0.15, 0.2) is 23.0 Å². The van der Waals surface area contributed by atoms with Gasteiger partial charge in [-0.15, -0.1) is 0 Å². The van der Waals surface area contributed by atoms with E-state index in [1.165, 1.54) is 12.8 Å². The van der Waals surface area contributed by atoms with Gasteiger partial charge in [0.1, 0.15) is 0 Å². The molecule has 170 valence electrons. The SMILES string of the molecule is COc1ccc(/C=C2\C[C@@H](c3ccc(OC)c(OC4CCCC4)c3)CNC2=O)cc1OC. The third-order valence-corrected chi connectivity index (χ3v) is 6.27. The van der Waals surface area contributed by atoms with Crippen LogP contribution in [0.2, 0.25) is 0 Å². The van der Waals surface area contributed by atoms with Gasteiger partial charge in [0.2, 0.25) is 5.91 Å². The zero-order valence-electron chi connectivity index (χ0n) is 19.0. The fourth-order valence-electron chi connectivity index (χ4n) is 4.49. The first-order valence-corrected chi connectivity index (χ1v) is 11.2. The van der Waals surface area contributed by atoms with Gasteiger partial charge in [0.25, 0.3) is 0 Å². The molecule has 2 fully saturated rings. The van der Waals surface area contributed by atoms with Crippen molar-refractivity contribution in [3.63, 3.8) is 0 Å². The fourth-order valence-corrected chi connectivity index (χ4v) is 4.49. The van der Waals surface area contributed by atoms with Crippen LogP contribution < -0.4 is 24.3 Å². The van der Waals surface area contributed by atoms with E-state index in [4.69, 9.17) is 18.9 Å². The summed E-state index contributed by atoms with van der Waals surface area (Å²) in [5.74, 6) is 2.97. The third-order valence-electron chi connectivity index (χ3n) is 6.27. The molecule has 0 spiro atoms. The normalized spacial score (nSPS) is 20.2. The number of methoxy groups -OCH3 is 3. The standard InChI is InChI=1S/C26H31NO5/c1-29-22-10-8-17(13-24(22)31-3)12-19-14-20(16-27-26(19)28)18-9-11-23(30-2)25(15-18)32-21-6-4-5-7-21/h8-13,15,20-21H,4-7,14,16H2,1-3H3,(H,27,28)/b19-12+/t20-/m1/s1. The molecule has 2 aromatic carbocycles.